The van der Waals surface area contributed by atoms with Crippen LogP contribution in [0.25, 0.3) is 0 Å². The monoisotopic (exact) mass is 313 g/mol. The fourth-order valence-electron chi connectivity index (χ4n) is 1.76. The van der Waals surface area contributed by atoms with E-state index in [0.717, 1.165) is 13.0 Å². The molecule has 1 heterocycles. The summed E-state index contributed by atoms with van der Waals surface area (Å²) in [6, 6.07) is 0. The van der Waals surface area contributed by atoms with Crippen molar-refractivity contribution >= 4 is 28.2 Å². The van der Waals surface area contributed by atoms with Gasteiger partial charge in [0.25, 0.3) is 5.91 Å². The molecular weight excluding hydrogens is 286 g/mol. The second kappa shape index (κ2) is 7.09. The number of nitrogen functional groups attached to an aromatic ring is 1. The molecule has 1 amide bonds. The number of hydrogen-bond donors (Lipinski definition) is 2. The zero-order valence-corrected chi connectivity index (χ0v) is 14.7. The van der Waals surface area contributed by atoms with Crippen LogP contribution in [0.2, 0.25) is 0 Å². The minimum Gasteiger partial charge on any atom is -0.382 e. The van der Waals surface area contributed by atoms with Crippen molar-refractivity contribution < 1.29 is 4.79 Å². The molecule has 0 bridgehead atoms. The molecule has 0 saturated heterocycles. The highest BCUT2D eigenvalue weighted by Crippen LogP contribution is 2.28. The van der Waals surface area contributed by atoms with E-state index >= 15 is 0 Å². The third-order valence-electron chi connectivity index (χ3n) is 2.78. The molecular formula is C14H27N5OS. The highest BCUT2D eigenvalue weighted by atomic mass is 32.1. The molecule has 3 N–H and O–H groups in total. The zero-order chi connectivity index (χ0) is 16.2. The van der Waals surface area contributed by atoms with E-state index < -0.39 is 0 Å². The lowest BCUT2D eigenvalue weighted by Gasteiger charge is -2.19. The van der Waals surface area contributed by atoms with Gasteiger partial charge in [-0.1, -0.05) is 11.3 Å². The van der Waals surface area contributed by atoms with Crippen LogP contribution >= 0.6 is 11.3 Å². The molecule has 0 spiro atoms. The summed E-state index contributed by atoms with van der Waals surface area (Å²) in [5.74, 6) is 0.238. The largest absolute Gasteiger partial charge is 0.382 e. The summed E-state index contributed by atoms with van der Waals surface area (Å²) >= 11 is 1.31. The van der Waals surface area contributed by atoms with Gasteiger partial charge in [-0.2, -0.15) is 0 Å². The minimum atomic E-state index is -0.109. The summed E-state index contributed by atoms with van der Waals surface area (Å²) in [7, 11) is 5.84. The Balaban J connectivity index is 2.69. The smallest absolute Gasteiger partial charge is 0.267 e. The molecule has 1 rings (SSSR count). The fourth-order valence-corrected chi connectivity index (χ4v) is 2.85. The topological polar surface area (TPSA) is 74.5 Å². The minimum absolute atomic E-state index is 0.0642. The maximum Gasteiger partial charge on any atom is 0.267 e. The lowest BCUT2D eigenvalue weighted by molar-refractivity contribution is 0.0796. The summed E-state index contributed by atoms with van der Waals surface area (Å²) < 4.78 is 0. The van der Waals surface area contributed by atoms with Crippen LogP contribution in [0.1, 0.15) is 36.9 Å². The maximum absolute atomic E-state index is 12.4. The Hall–Kier alpha value is -1.34. The highest BCUT2D eigenvalue weighted by Gasteiger charge is 2.21. The molecule has 0 aliphatic rings. The van der Waals surface area contributed by atoms with Crippen LogP contribution in [-0.2, 0) is 0 Å². The van der Waals surface area contributed by atoms with Crippen LogP contribution in [0, 0.1) is 0 Å². The Bertz CT molecular complexity index is 478. The Labute approximate surface area is 131 Å². The molecule has 0 atom stereocenters. The van der Waals surface area contributed by atoms with E-state index in [-0.39, 0.29) is 11.4 Å². The van der Waals surface area contributed by atoms with E-state index in [1.165, 1.54) is 11.3 Å². The van der Waals surface area contributed by atoms with Crippen LogP contribution in [0.5, 0.6) is 0 Å². The molecule has 0 aliphatic heterocycles. The van der Waals surface area contributed by atoms with Crippen molar-refractivity contribution in [1.29, 1.82) is 0 Å². The fraction of sp³-hybridized carbons (Fsp3) is 0.714. The normalized spacial score (nSPS) is 11.8. The molecule has 1 aromatic rings. The van der Waals surface area contributed by atoms with E-state index in [0.29, 0.717) is 22.4 Å². The number of nitrogens with zero attached hydrogens (tertiary/aromatic N) is 3. The van der Waals surface area contributed by atoms with Gasteiger partial charge >= 0.3 is 0 Å². The number of thiazole rings is 1. The summed E-state index contributed by atoms with van der Waals surface area (Å²) in [5, 5.41) is 3.93. The summed E-state index contributed by atoms with van der Waals surface area (Å²) in [6.07, 6.45) is 0.932. The van der Waals surface area contributed by atoms with Gasteiger partial charge in [0.2, 0.25) is 0 Å². The van der Waals surface area contributed by atoms with Crippen molar-refractivity contribution in [3.63, 3.8) is 0 Å². The molecule has 7 heteroatoms. The number of aromatic nitrogens is 1. The lowest BCUT2D eigenvalue weighted by atomic mass is 10.1. The molecule has 0 aromatic carbocycles. The van der Waals surface area contributed by atoms with Crippen molar-refractivity contribution in [3.05, 3.63) is 4.88 Å². The van der Waals surface area contributed by atoms with Gasteiger partial charge < -0.3 is 20.9 Å². The second-order valence-electron chi connectivity index (χ2n) is 6.49. The van der Waals surface area contributed by atoms with Crippen molar-refractivity contribution in [3.8, 4) is 0 Å². The summed E-state index contributed by atoms with van der Waals surface area (Å²) in [6.45, 7) is 7.78. The first kappa shape index (κ1) is 17.7. The molecule has 0 unspecified atom stereocenters. The first-order chi connectivity index (χ1) is 9.60. The summed E-state index contributed by atoms with van der Waals surface area (Å²) in [4.78, 5) is 20.9. The highest BCUT2D eigenvalue weighted by molar-refractivity contribution is 7.18. The van der Waals surface area contributed by atoms with Crippen molar-refractivity contribution in [2.24, 2.45) is 0 Å². The molecule has 6 nitrogen and oxygen atoms in total. The average molecular weight is 313 g/mol. The number of anilines is 2. The second-order valence-corrected chi connectivity index (χ2v) is 7.49. The quantitative estimate of drug-likeness (QED) is 0.840. The standard InChI is InChI=1S/C14H27N5OS/c1-14(2,3)17-13-16-11(15)10(21-13)12(20)19(6)9-7-8-18(4)5/h7-9,15H2,1-6H3,(H,16,17). The van der Waals surface area contributed by atoms with Crippen molar-refractivity contribution in [2.75, 3.05) is 45.3 Å². The molecule has 0 radical (unpaired) electrons. The van der Waals surface area contributed by atoms with Gasteiger partial charge in [-0.3, -0.25) is 4.79 Å². The Kier molecular flexibility index (Phi) is 5.98. The lowest BCUT2D eigenvalue weighted by Crippen LogP contribution is -2.29. The number of hydrogen-bond acceptors (Lipinski definition) is 6. The van der Waals surface area contributed by atoms with Crippen LogP contribution in [0.3, 0.4) is 0 Å². The number of carbonyl (C=O) groups is 1. The van der Waals surface area contributed by atoms with Gasteiger partial charge in [0.15, 0.2) is 5.13 Å². The predicted octanol–water partition coefficient (Wildman–Crippen LogP) is 1.96. The first-order valence-corrected chi connectivity index (χ1v) is 7.86. The molecule has 0 fully saturated rings. The van der Waals surface area contributed by atoms with Gasteiger partial charge in [0.1, 0.15) is 10.7 Å². The Morgan fingerprint density at radius 1 is 1.29 bits per heavy atom. The number of carbonyl (C=O) groups excluding carboxylic acids is 1. The molecule has 1 aromatic heterocycles. The van der Waals surface area contributed by atoms with Crippen molar-refractivity contribution in [1.82, 2.24) is 14.8 Å². The van der Waals surface area contributed by atoms with E-state index in [2.05, 4.69) is 15.2 Å². The third kappa shape index (κ3) is 5.89. The van der Waals surface area contributed by atoms with Gasteiger partial charge in [-0.15, -0.1) is 0 Å². The van der Waals surface area contributed by atoms with E-state index in [1.807, 2.05) is 34.9 Å². The van der Waals surface area contributed by atoms with Gasteiger partial charge in [0.05, 0.1) is 0 Å². The molecule has 0 saturated carbocycles. The van der Waals surface area contributed by atoms with Crippen LogP contribution in [0.4, 0.5) is 10.9 Å². The molecule has 0 aliphatic carbocycles. The van der Waals surface area contributed by atoms with Crippen LogP contribution in [0.15, 0.2) is 0 Å². The van der Waals surface area contributed by atoms with Crippen molar-refractivity contribution in [2.45, 2.75) is 32.7 Å². The van der Waals surface area contributed by atoms with Crippen LogP contribution < -0.4 is 11.1 Å². The number of nitrogens with two attached hydrogens (primary N) is 1. The van der Waals surface area contributed by atoms with Crippen LogP contribution in [-0.4, -0.2) is 60.5 Å². The zero-order valence-electron chi connectivity index (χ0n) is 13.9. The average Bonchev–Trinajstić information content (AvgIpc) is 2.65. The van der Waals surface area contributed by atoms with E-state index in [4.69, 9.17) is 5.73 Å². The molecule has 120 valence electrons. The third-order valence-corrected chi connectivity index (χ3v) is 3.75. The number of amides is 1. The number of rotatable bonds is 6. The SMILES string of the molecule is CN(C)CCCN(C)C(=O)c1sc(NC(C)(C)C)nc1N. The van der Waals surface area contributed by atoms with Gasteiger partial charge in [-0.05, 0) is 47.8 Å². The molecule has 21 heavy (non-hydrogen) atoms. The van der Waals surface area contributed by atoms with E-state index in [9.17, 15) is 4.79 Å². The summed E-state index contributed by atoms with van der Waals surface area (Å²) in [5.41, 5.74) is 5.77. The van der Waals surface area contributed by atoms with Gasteiger partial charge in [0, 0.05) is 19.1 Å². The maximum atomic E-state index is 12.4. The van der Waals surface area contributed by atoms with E-state index in [1.54, 1.807) is 11.9 Å². The number of nitrogens with one attached hydrogen (secondary N) is 1. The first-order valence-electron chi connectivity index (χ1n) is 7.05. The van der Waals surface area contributed by atoms with Gasteiger partial charge in [-0.25, -0.2) is 4.98 Å². The Morgan fingerprint density at radius 3 is 2.43 bits per heavy atom. The Morgan fingerprint density at radius 2 is 1.90 bits per heavy atom. The predicted molar refractivity (Wildman–Crippen MR) is 90.0 cm³/mol.